The largest absolute Gasteiger partial charge is 0.307 e. The van der Waals surface area contributed by atoms with E-state index in [1.165, 1.54) is 109 Å². The fourth-order valence-corrected chi connectivity index (χ4v) is 20.8. The van der Waals surface area contributed by atoms with Gasteiger partial charge in [0.1, 0.15) is 0 Å². The van der Waals surface area contributed by atoms with Crippen LogP contribution in [0.15, 0.2) is 382 Å². The molecule has 0 aliphatic heterocycles. The summed E-state index contributed by atoms with van der Waals surface area (Å²) in [4.78, 5) is 0. The van der Waals surface area contributed by atoms with E-state index in [9.17, 15) is 0 Å². The second kappa shape index (κ2) is 24.1. The van der Waals surface area contributed by atoms with E-state index in [1.54, 1.807) is 0 Å². The maximum Gasteiger partial charge on any atom is 0.0788 e. The maximum absolute atomic E-state index is 2.65. The zero-order valence-electron chi connectivity index (χ0n) is 62.9. The summed E-state index contributed by atoms with van der Waals surface area (Å²) < 4.78 is 20.6. The van der Waals surface area contributed by atoms with Crippen LogP contribution in [0.5, 0.6) is 0 Å². The van der Waals surface area contributed by atoms with Crippen LogP contribution in [0.3, 0.4) is 0 Å². The van der Waals surface area contributed by atoms with Gasteiger partial charge in [0.05, 0.1) is 82.8 Å². The van der Waals surface area contributed by atoms with E-state index in [2.05, 4.69) is 425 Å². The second-order valence-electron chi connectivity index (χ2n) is 31.4. The van der Waals surface area contributed by atoms with Gasteiger partial charge < -0.3 is 36.5 Å². The Hall–Kier alpha value is -15.4. The van der Waals surface area contributed by atoms with Gasteiger partial charge in [0, 0.05) is 132 Å². The van der Waals surface area contributed by atoms with E-state index in [0.717, 1.165) is 136 Å². The first-order valence-electron chi connectivity index (χ1n) is 40.3. The topological polar surface area (TPSA) is 39.4 Å². The molecule has 0 fully saturated rings. The third-order valence-corrected chi connectivity index (χ3v) is 25.4. The quantitative estimate of drug-likeness (QED) is 0.138. The van der Waals surface area contributed by atoms with Gasteiger partial charge in [0.25, 0.3) is 0 Å². The molecule has 8 nitrogen and oxygen atoms in total. The van der Waals surface area contributed by atoms with Crippen LogP contribution in [0, 0.1) is 0 Å². The lowest BCUT2D eigenvalue weighted by atomic mass is 10.00. The minimum absolute atomic E-state index is 0.907. The summed E-state index contributed by atoms with van der Waals surface area (Å²) >= 11 is 0. The Bertz CT molecular complexity index is 8310. The Kier molecular flexibility index (Phi) is 13.1. The van der Waals surface area contributed by atoms with Crippen molar-refractivity contribution >= 4 is 170 Å². The van der Waals surface area contributed by atoms with Crippen LogP contribution >= 0.6 is 0 Å². The molecule has 26 rings (SSSR count). The van der Waals surface area contributed by atoms with Crippen LogP contribution in [0.25, 0.3) is 226 Å². The summed E-state index contributed by atoms with van der Waals surface area (Å²) in [5.41, 5.74) is 30.4. The fourth-order valence-electron chi connectivity index (χ4n) is 20.8. The summed E-state index contributed by atoms with van der Waals surface area (Å²) in [6.07, 6.45) is 6.67. The molecule has 8 heterocycles. The van der Waals surface area contributed by atoms with Crippen molar-refractivity contribution in [3.8, 4) is 56.6 Å². The van der Waals surface area contributed by atoms with Gasteiger partial charge in [-0.1, -0.05) is 255 Å². The molecule has 0 N–H and O–H groups in total. The second-order valence-corrected chi connectivity index (χ2v) is 31.4. The smallest absolute Gasteiger partial charge is 0.0788 e. The summed E-state index contributed by atoms with van der Waals surface area (Å²) in [5, 5.41) is 18.0. The molecule has 0 saturated heterocycles. The molecule has 0 spiro atoms. The molecule has 0 atom stereocenters. The Balaban J connectivity index is 0.865. The number of hydrogen-bond acceptors (Lipinski definition) is 0. The number of benzene rings is 17. The minimum Gasteiger partial charge on any atom is -0.307 e. The minimum atomic E-state index is 0.907. The van der Waals surface area contributed by atoms with Crippen LogP contribution in [0.2, 0.25) is 0 Å². The third kappa shape index (κ3) is 8.70. The Labute approximate surface area is 664 Å². The van der Waals surface area contributed by atoms with E-state index < -0.39 is 0 Å². The first kappa shape index (κ1) is 63.3. The van der Waals surface area contributed by atoms with Crippen molar-refractivity contribution in [1.82, 2.24) is 36.5 Å². The number of para-hydroxylation sites is 11. The Morgan fingerprint density at radius 3 is 0.629 bits per heavy atom. The van der Waals surface area contributed by atoms with Crippen LogP contribution < -0.4 is 0 Å². The molecule has 17 aromatic carbocycles. The Morgan fingerprint density at radius 2 is 0.371 bits per heavy atom. The lowest BCUT2D eigenvalue weighted by Gasteiger charge is -2.20. The van der Waals surface area contributed by atoms with Crippen LogP contribution in [0.4, 0.5) is 0 Å². The van der Waals surface area contributed by atoms with Crippen molar-refractivity contribution in [2.45, 2.75) is 12.8 Å². The lowest BCUT2D eigenvalue weighted by Crippen LogP contribution is -2.05. The van der Waals surface area contributed by atoms with Crippen molar-refractivity contribution in [3.05, 3.63) is 393 Å². The van der Waals surface area contributed by atoms with Gasteiger partial charge in [-0.25, -0.2) is 0 Å². The van der Waals surface area contributed by atoms with Gasteiger partial charge in [-0.05, 0) is 163 Å². The Morgan fingerprint density at radius 1 is 0.164 bits per heavy atom. The first-order chi connectivity index (χ1) is 57.6. The molecule has 540 valence electrons. The summed E-state index contributed by atoms with van der Waals surface area (Å²) in [7, 11) is 0. The maximum atomic E-state index is 2.65. The average Bonchev–Trinajstić information content (AvgIpc) is 1.54. The highest BCUT2D eigenvalue weighted by Gasteiger charge is 2.30. The highest BCUT2D eigenvalue weighted by molar-refractivity contribution is 6.28. The monoisotopic (exact) mass is 1480 g/mol. The first-order valence-corrected chi connectivity index (χ1v) is 40.3. The molecule has 1 aliphatic rings. The fraction of sp³-hybridized carbons (Fsp3) is 0.0185. The highest BCUT2D eigenvalue weighted by Crippen LogP contribution is 2.50. The number of aryl methyl sites for hydroxylation is 1. The molecule has 8 aromatic heterocycles. The standard InChI is InChI=1S/C108H68N8/c1-5-29-69(30-6-1)109-93-45-21-13-37-77(93)85-53-57-89-81-41-17-25-49-97(81)113(105(89)101(85)109)73-61-67(62-74(65-73)114-98-50-26-18-42-82(98)90-58-54-86-78-38-14-22-46-94(78)110(102(86)106(90)114)70-31-7-2-8-32-70)68-63-75(115-99-51-27-19-43-83(99)91-59-55-87-79-39-15-23-47-95(79)111(103(87)107(91)115)71-33-9-3-10-34-71)66-76(64-68)116-100-52-28-20-44-84(100)92-60-56-88-80-40-16-24-48-96(80)112(104(88)108(92)116)72-35-11-4-12-36-72/h1-19,21-43,45-66H,20,44H2. The SMILES string of the molecule is C1=Cc2c(c3ccc4c5ccccc5n(-c5ccccc5)c4c3n2-c2cc(-c3cc(-n4c5ccccc5c5ccc6c7ccccc7n(-c7ccccc7)c6c54)cc(-n4c5ccccc5c5ccc6c7ccccc7n(-c7ccccc7)c6c54)c3)cc(-n3c4ccccc4c4ccc5c6ccccc6n(-c6ccccc6)c5c43)c2)CC1. The number of allylic oxidation sites excluding steroid dienone is 1. The van der Waals surface area contributed by atoms with E-state index in [1.807, 2.05) is 0 Å². The number of hydrogen-bond donors (Lipinski definition) is 0. The summed E-state index contributed by atoms with van der Waals surface area (Å²) in [6.45, 7) is 0. The predicted octanol–water partition coefficient (Wildman–Crippen LogP) is 27.9. The van der Waals surface area contributed by atoms with Gasteiger partial charge in [-0.3, -0.25) is 0 Å². The van der Waals surface area contributed by atoms with Crippen LogP contribution in [-0.2, 0) is 6.42 Å². The van der Waals surface area contributed by atoms with Gasteiger partial charge in [0.15, 0.2) is 0 Å². The molecule has 0 amide bonds. The number of nitrogens with zero attached hydrogens (tertiary/aromatic N) is 8. The zero-order valence-corrected chi connectivity index (χ0v) is 62.9. The molecular formula is C108H68N8. The number of rotatable bonds is 9. The van der Waals surface area contributed by atoms with Gasteiger partial charge >= 0.3 is 0 Å². The van der Waals surface area contributed by atoms with Crippen molar-refractivity contribution in [2.24, 2.45) is 0 Å². The molecule has 25 aromatic rings. The van der Waals surface area contributed by atoms with Gasteiger partial charge in [-0.15, -0.1) is 0 Å². The van der Waals surface area contributed by atoms with Crippen molar-refractivity contribution < 1.29 is 0 Å². The molecule has 8 heteroatoms. The normalized spacial score (nSPS) is 12.7. The summed E-state index contributed by atoms with van der Waals surface area (Å²) in [5.74, 6) is 0. The van der Waals surface area contributed by atoms with Gasteiger partial charge in [-0.2, -0.15) is 0 Å². The molecule has 1 aliphatic carbocycles. The van der Waals surface area contributed by atoms with E-state index in [0.29, 0.717) is 0 Å². The average molecular weight is 1480 g/mol. The van der Waals surface area contributed by atoms with E-state index in [4.69, 9.17) is 0 Å². The van der Waals surface area contributed by atoms with Crippen molar-refractivity contribution in [2.75, 3.05) is 0 Å². The molecule has 0 unspecified atom stereocenters. The van der Waals surface area contributed by atoms with Crippen LogP contribution in [0.1, 0.15) is 17.7 Å². The van der Waals surface area contributed by atoms with Crippen LogP contribution in [-0.4, -0.2) is 36.5 Å². The number of aromatic nitrogens is 8. The van der Waals surface area contributed by atoms with Crippen molar-refractivity contribution in [3.63, 3.8) is 0 Å². The van der Waals surface area contributed by atoms with Crippen molar-refractivity contribution in [1.29, 1.82) is 0 Å². The lowest BCUT2D eigenvalue weighted by molar-refractivity contribution is 0.966. The van der Waals surface area contributed by atoms with Gasteiger partial charge in [0.2, 0.25) is 0 Å². The molecule has 0 saturated carbocycles. The highest BCUT2D eigenvalue weighted by atomic mass is 15.1. The number of fused-ring (bicyclic) bond motifs is 28. The summed E-state index contributed by atoms with van der Waals surface area (Å²) in [6, 6.07) is 141. The molecule has 0 radical (unpaired) electrons. The molecule has 0 bridgehead atoms. The van der Waals surface area contributed by atoms with E-state index >= 15 is 0 Å². The molecular weight excluding hydrogens is 1410 g/mol. The van der Waals surface area contributed by atoms with E-state index in [-0.39, 0.29) is 0 Å². The predicted molar refractivity (Wildman–Crippen MR) is 486 cm³/mol. The molecule has 116 heavy (non-hydrogen) atoms. The zero-order chi connectivity index (χ0) is 75.5. The third-order valence-electron chi connectivity index (χ3n) is 25.4.